The van der Waals surface area contributed by atoms with Crippen molar-refractivity contribution in [2.75, 3.05) is 0 Å². The van der Waals surface area contributed by atoms with Gasteiger partial charge in [0.25, 0.3) is 0 Å². The van der Waals surface area contributed by atoms with Crippen molar-refractivity contribution in [3.05, 3.63) is 212 Å². The number of para-hydroxylation sites is 4. The van der Waals surface area contributed by atoms with E-state index in [0.29, 0.717) is 0 Å². The summed E-state index contributed by atoms with van der Waals surface area (Å²) in [6.07, 6.45) is 10.4. The predicted molar refractivity (Wildman–Crippen MR) is 243 cm³/mol. The van der Waals surface area contributed by atoms with Gasteiger partial charge in [0.05, 0.1) is 22.1 Å². The third-order valence-electron chi connectivity index (χ3n) is 11.2. The quantitative estimate of drug-likeness (QED) is 0.114. The Morgan fingerprint density at radius 2 is 0.877 bits per heavy atom. The van der Waals surface area contributed by atoms with Gasteiger partial charge in [0.15, 0.2) is 0 Å². The topological polar surface area (TPSA) is 9.86 Å². The van der Waals surface area contributed by atoms with E-state index in [0.717, 1.165) is 50.3 Å². The molecular formula is C55H38N2. The van der Waals surface area contributed by atoms with E-state index in [4.69, 9.17) is 6.42 Å². The van der Waals surface area contributed by atoms with Crippen molar-refractivity contribution in [1.82, 2.24) is 9.13 Å². The summed E-state index contributed by atoms with van der Waals surface area (Å²) in [5.74, 6) is 2.99. The molecule has 0 saturated carbocycles. The van der Waals surface area contributed by atoms with Crippen LogP contribution >= 0.6 is 0 Å². The first kappa shape index (κ1) is 33.9. The maximum absolute atomic E-state index is 6.23. The van der Waals surface area contributed by atoms with Gasteiger partial charge in [0.1, 0.15) is 0 Å². The minimum Gasteiger partial charge on any atom is -0.313 e. The van der Waals surface area contributed by atoms with Gasteiger partial charge in [-0.25, -0.2) is 0 Å². The molecule has 0 saturated heterocycles. The lowest BCUT2D eigenvalue weighted by Gasteiger charge is -2.13. The third kappa shape index (κ3) is 6.04. The van der Waals surface area contributed by atoms with Crippen LogP contribution in [0.1, 0.15) is 12.5 Å². The molecule has 0 atom stereocenters. The maximum atomic E-state index is 6.23. The van der Waals surface area contributed by atoms with Crippen molar-refractivity contribution >= 4 is 54.9 Å². The largest absolute Gasteiger partial charge is 0.313 e. The lowest BCUT2D eigenvalue weighted by molar-refractivity contribution is 1.18. The minimum absolute atomic E-state index is 0.831. The standard InChI is InChI=1S/C55H38N2/c1-3-39(29-28-38(2)56-52-24-11-7-20-48(52)49-21-8-12-25-53(49)56)42-18-15-19-43(34-42)46-36-44(40-16-5-4-6-17-40)35-45(37-46)41-30-32-47(33-31-41)57-54-26-13-9-22-50(54)51-23-10-14-27-55(51)57/h1,4-37H,2H3/b38-28+,39-29+. The van der Waals surface area contributed by atoms with Crippen molar-refractivity contribution in [1.29, 1.82) is 0 Å². The Labute approximate surface area is 332 Å². The van der Waals surface area contributed by atoms with Gasteiger partial charge in [-0.2, -0.15) is 0 Å². The highest BCUT2D eigenvalue weighted by Crippen LogP contribution is 2.37. The summed E-state index contributed by atoms with van der Waals surface area (Å²) in [6.45, 7) is 2.14. The Balaban J connectivity index is 1.04. The molecule has 0 spiro atoms. The zero-order chi connectivity index (χ0) is 38.3. The second kappa shape index (κ2) is 14.2. The molecule has 0 radical (unpaired) electrons. The summed E-state index contributed by atoms with van der Waals surface area (Å²) in [5.41, 5.74) is 15.7. The first-order valence-electron chi connectivity index (χ1n) is 19.4. The second-order valence-corrected chi connectivity index (χ2v) is 14.6. The van der Waals surface area contributed by atoms with E-state index in [2.05, 4.69) is 228 Å². The number of nitrogens with zero attached hydrogens (tertiary/aromatic N) is 2. The zero-order valence-corrected chi connectivity index (χ0v) is 31.6. The monoisotopic (exact) mass is 726 g/mol. The first-order valence-corrected chi connectivity index (χ1v) is 19.4. The molecule has 0 unspecified atom stereocenters. The Bertz CT molecular complexity index is 3130. The summed E-state index contributed by atoms with van der Waals surface area (Å²) in [7, 11) is 0. The Morgan fingerprint density at radius 1 is 0.421 bits per heavy atom. The van der Waals surface area contributed by atoms with E-state index in [1.165, 1.54) is 49.2 Å². The summed E-state index contributed by atoms with van der Waals surface area (Å²) < 4.78 is 4.68. The van der Waals surface area contributed by atoms with Crippen molar-refractivity contribution in [2.45, 2.75) is 6.92 Å². The molecule has 2 heteroatoms. The fraction of sp³-hybridized carbons (Fsp3) is 0.0182. The third-order valence-corrected chi connectivity index (χ3v) is 11.2. The minimum atomic E-state index is 0.831. The number of hydrogen-bond acceptors (Lipinski definition) is 0. The highest BCUT2D eigenvalue weighted by Gasteiger charge is 2.14. The van der Waals surface area contributed by atoms with E-state index in [1.807, 2.05) is 0 Å². The van der Waals surface area contributed by atoms with Crippen LogP contribution in [0.3, 0.4) is 0 Å². The Morgan fingerprint density at radius 3 is 1.44 bits per heavy atom. The van der Waals surface area contributed by atoms with Crippen LogP contribution in [0.4, 0.5) is 0 Å². The van der Waals surface area contributed by atoms with Gasteiger partial charge in [-0.3, -0.25) is 0 Å². The maximum Gasteiger partial charge on any atom is 0.0541 e. The molecule has 10 rings (SSSR count). The highest BCUT2D eigenvalue weighted by molar-refractivity contribution is 6.10. The average Bonchev–Trinajstić information content (AvgIpc) is 3.80. The number of allylic oxidation sites excluding steroid dienone is 4. The normalized spacial score (nSPS) is 12.1. The van der Waals surface area contributed by atoms with E-state index >= 15 is 0 Å². The van der Waals surface area contributed by atoms with Gasteiger partial charge in [0, 0.05) is 38.5 Å². The fourth-order valence-electron chi connectivity index (χ4n) is 8.44. The fourth-order valence-corrected chi connectivity index (χ4v) is 8.44. The zero-order valence-electron chi connectivity index (χ0n) is 31.6. The molecule has 0 aliphatic rings. The molecule has 268 valence electrons. The molecule has 2 nitrogen and oxygen atoms in total. The average molecular weight is 727 g/mol. The smallest absolute Gasteiger partial charge is 0.0541 e. The van der Waals surface area contributed by atoms with Gasteiger partial charge < -0.3 is 9.13 Å². The van der Waals surface area contributed by atoms with Crippen molar-refractivity contribution in [2.24, 2.45) is 0 Å². The predicted octanol–water partition coefficient (Wildman–Crippen LogP) is 14.5. The van der Waals surface area contributed by atoms with Crippen LogP contribution in [0.25, 0.3) is 93.9 Å². The van der Waals surface area contributed by atoms with Crippen molar-refractivity contribution in [3.8, 4) is 51.4 Å². The summed E-state index contributed by atoms with van der Waals surface area (Å²) in [5, 5.41) is 5.00. The molecule has 10 aromatic rings. The Hall–Kier alpha value is -7.60. The van der Waals surface area contributed by atoms with Crippen LogP contribution in [0.15, 0.2) is 206 Å². The highest BCUT2D eigenvalue weighted by atomic mass is 15.0. The summed E-state index contributed by atoms with van der Waals surface area (Å²) >= 11 is 0. The van der Waals surface area contributed by atoms with E-state index in [-0.39, 0.29) is 0 Å². The molecule has 0 aliphatic carbocycles. The Kier molecular flexibility index (Phi) is 8.47. The summed E-state index contributed by atoms with van der Waals surface area (Å²) in [4.78, 5) is 0. The molecule has 8 aromatic carbocycles. The molecular weight excluding hydrogens is 689 g/mol. The SMILES string of the molecule is C#C/C(=C\C=C(/C)n1c2ccccc2c2ccccc21)c1cccc(-c2cc(-c3ccccc3)cc(-c3ccc(-n4c5ccccc5c5ccccc54)cc3)c2)c1. The van der Waals surface area contributed by atoms with Crippen LogP contribution in [0, 0.1) is 12.3 Å². The van der Waals surface area contributed by atoms with Gasteiger partial charge in [-0.15, -0.1) is 6.42 Å². The molecule has 0 aliphatic heterocycles. The van der Waals surface area contributed by atoms with Crippen LogP contribution < -0.4 is 0 Å². The molecule has 0 N–H and O–H groups in total. The number of benzene rings is 8. The number of terminal acetylenes is 1. The number of aromatic nitrogens is 2. The van der Waals surface area contributed by atoms with Gasteiger partial charge in [-0.1, -0.05) is 139 Å². The van der Waals surface area contributed by atoms with E-state index in [1.54, 1.807) is 0 Å². The molecule has 2 heterocycles. The molecule has 2 aromatic heterocycles. The number of hydrogen-bond donors (Lipinski definition) is 0. The van der Waals surface area contributed by atoms with Crippen molar-refractivity contribution < 1.29 is 0 Å². The van der Waals surface area contributed by atoms with Crippen molar-refractivity contribution in [3.63, 3.8) is 0 Å². The van der Waals surface area contributed by atoms with Crippen LogP contribution in [-0.2, 0) is 0 Å². The van der Waals surface area contributed by atoms with Gasteiger partial charge in [-0.05, 0) is 119 Å². The molecule has 0 amide bonds. The summed E-state index contributed by atoms with van der Waals surface area (Å²) in [6, 6.07) is 69.5. The first-order chi connectivity index (χ1) is 28.1. The van der Waals surface area contributed by atoms with Crippen LogP contribution in [-0.4, -0.2) is 9.13 Å². The molecule has 0 bridgehead atoms. The number of fused-ring (bicyclic) bond motifs is 6. The lowest BCUT2D eigenvalue weighted by Crippen LogP contribution is -1.94. The molecule has 0 fully saturated rings. The molecule has 57 heavy (non-hydrogen) atoms. The second-order valence-electron chi connectivity index (χ2n) is 14.6. The van der Waals surface area contributed by atoms with Crippen LogP contribution in [0.5, 0.6) is 0 Å². The lowest BCUT2D eigenvalue weighted by atomic mass is 9.92. The van der Waals surface area contributed by atoms with Crippen LogP contribution in [0.2, 0.25) is 0 Å². The van der Waals surface area contributed by atoms with E-state index in [9.17, 15) is 0 Å². The van der Waals surface area contributed by atoms with Gasteiger partial charge in [0.2, 0.25) is 0 Å². The van der Waals surface area contributed by atoms with E-state index < -0.39 is 0 Å². The number of rotatable bonds is 7. The van der Waals surface area contributed by atoms with Gasteiger partial charge >= 0.3 is 0 Å².